The van der Waals surface area contributed by atoms with Crippen molar-refractivity contribution >= 4 is 17.9 Å². The van der Waals surface area contributed by atoms with Crippen molar-refractivity contribution in [1.29, 1.82) is 0 Å². The molecule has 0 unspecified atom stereocenters. The van der Waals surface area contributed by atoms with Crippen LogP contribution in [0.25, 0.3) is 0 Å². The van der Waals surface area contributed by atoms with Gasteiger partial charge in [-0.25, -0.2) is 0 Å². The molecule has 128 valence electrons. The van der Waals surface area contributed by atoms with Gasteiger partial charge in [0.15, 0.2) is 0 Å². The Bertz CT molecular complexity index is 356. The Kier molecular flexibility index (Phi) is 10.2. The van der Waals surface area contributed by atoms with Crippen LogP contribution >= 0.6 is 0 Å². The highest BCUT2D eigenvalue weighted by Gasteiger charge is 2.23. The zero-order valence-corrected chi connectivity index (χ0v) is 14.1. The molecule has 0 saturated heterocycles. The molecule has 6 heteroatoms. The van der Waals surface area contributed by atoms with E-state index < -0.39 is 11.4 Å². The minimum absolute atomic E-state index is 0.187. The zero-order valence-electron chi connectivity index (χ0n) is 14.1. The van der Waals surface area contributed by atoms with Crippen LogP contribution in [0.2, 0.25) is 0 Å². The molecule has 0 aliphatic heterocycles. The molecule has 22 heavy (non-hydrogen) atoms. The Balaban J connectivity index is 3.47. The van der Waals surface area contributed by atoms with E-state index >= 15 is 0 Å². The molecule has 0 aromatic carbocycles. The van der Waals surface area contributed by atoms with Gasteiger partial charge in [0.25, 0.3) is 0 Å². The lowest BCUT2D eigenvalue weighted by Crippen LogP contribution is -2.24. The quantitative estimate of drug-likeness (QED) is 0.350. The first kappa shape index (κ1) is 20.4. The van der Waals surface area contributed by atoms with Crippen LogP contribution in [-0.2, 0) is 28.6 Å². The number of ether oxygens (including phenoxy) is 3. The van der Waals surface area contributed by atoms with E-state index in [0.717, 1.165) is 32.1 Å². The highest BCUT2D eigenvalue weighted by atomic mass is 16.7. The van der Waals surface area contributed by atoms with Gasteiger partial charge in [-0.05, 0) is 33.6 Å². The summed E-state index contributed by atoms with van der Waals surface area (Å²) in [7, 11) is 1.38. The predicted molar refractivity (Wildman–Crippen MR) is 80.8 cm³/mol. The van der Waals surface area contributed by atoms with E-state index in [-0.39, 0.29) is 18.7 Å². The molecular formula is C16H28O6. The van der Waals surface area contributed by atoms with Crippen molar-refractivity contribution in [2.24, 2.45) is 5.41 Å². The third-order valence-electron chi connectivity index (χ3n) is 3.01. The van der Waals surface area contributed by atoms with Crippen LogP contribution in [0.1, 0.15) is 65.7 Å². The molecule has 0 aromatic heterocycles. The topological polar surface area (TPSA) is 78.9 Å². The first-order valence-electron chi connectivity index (χ1n) is 7.67. The second-order valence-electron chi connectivity index (χ2n) is 6.16. The number of carbonyl (C=O) groups is 3. The van der Waals surface area contributed by atoms with Gasteiger partial charge in [0.1, 0.15) is 0 Å². The summed E-state index contributed by atoms with van der Waals surface area (Å²) in [5.74, 6) is -0.949. The van der Waals surface area contributed by atoms with Gasteiger partial charge in [0.05, 0.1) is 12.5 Å². The van der Waals surface area contributed by atoms with Gasteiger partial charge in [-0.1, -0.05) is 19.3 Å². The second-order valence-corrected chi connectivity index (χ2v) is 6.16. The van der Waals surface area contributed by atoms with Crippen LogP contribution < -0.4 is 0 Å². The number of rotatable bonds is 10. The van der Waals surface area contributed by atoms with Crippen LogP contribution in [0.3, 0.4) is 0 Å². The molecule has 0 spiro atoms. The first-order chi connectivity index (χ1) is 10.3. The number of unbranched alkanes of at least 4 members (excludes halogenated alkanes) is 4. The van der Waals surface area contributed by atoms with Gasteiger partial charge in [-0.3, -0.25) is 14.4 Å². The van der Waals surface area contributed by atoms with Gasteiger partial charge in [-0.15, -0.1) is 0 Å². The maximum Gasteiger partial charge on any atom is 0.314 e. The van der Waals surface area contributed by atoms with Crippen molar-refractivity contribution in [2.75, 3.05) is 13.9 Å². The Morgan fingerprint density at radius 2 is 1.27 bits per heavy atom. The van der Waals surface area contributed by atoms with Crippen molar-refractivity contribution in [3.05, 3.63) is 0 Å². The molecule has 0 rings (SSSR count). The van der Waals surface area contributed by atoms with Gasteiger partial charge >= 0.3 is 17.9 Å². The van der Waals surface area contributed by atoms with Gasteiger partial charge in [-0.2, -0.15) is 0 Å². The average Bonchev–Trinajstić information content (AvgIpc) is 2.44. The zero-order chi connectivity index (χ0) is 17.0. The molecule has 0 heterocycles. The lowest BCUT2D eigenvalue weighted by atomic mass is 9.98. The van der Waals surface area contributed by atoms with Crippen LogP contribution in [-0.4, -0.2) is 31.8 Å². The molecule has 0 aliphatic carbocycles. The summed E-state index contributed by atoms with van der Waals surface area (Å²) in [5.41, 5.74) is -0.601. The van der Waals surface area contributed by atoms with Crippen molar-refractivity contribution in [3.8, 4) is 0 Å². The molecule has 0 radical (unpaired) electrons. The van der Waals surface area contributed by atoms with E-state index in [4.69, 9.17) is 9.47 Å². The van der Waals surface area contributed by atoms with Gasteiger partial charge in [0, 0.05) is 12.8 Å². The molecule has 0 aromatic rings. The third kappa shape index (κ3) is 11.1. The largest absolute Gasteiger partial charge is 0.469 e. The third-order valence-corrected chi connectivity index (χ3v) is 3.01. The summed E-state index contributed by atoms with van der Waals surface area (Å²) < 4.78 is 14.2. The standard InChI is InChI=1S/C16H28O6/c1-16(2,3)15(19)22-12-21-14(18)11-9-7-5-6-8-10-13(17)20-4/h5-12H2,1-4H3. The normalized spacial score (nSPS) is 10.9. The lowest BCUT2D eigenvalue weighted by Gasteiger charge is -2.16. The highest BCUT2D eigenvalue weighted by molar-refractivity contribution is 5.75. The van der Waals surface area contributed by atoms with E-state index in [9.17, 15) is 14.4 Å². The summed E-state index contributed by atoms with van der Waals surface area (Å²) in [6, 6.07) is 0. The van der Waals surface area contributed by atoms with Crippen LogP contribution in [0, 0.1) is 5.41 Å². The smallest absolute Gasteiger partial charge is 0.314 e. The summed E-state index contributed by atoms with van der Waals surface area (Å²) in [4.78, 5) is 33.7. The molecule has 6 nitrogen and oxygen atoms in total. The predicted octanol–water partition coefficient (Wildman–Crippen LogP) is 2.98. The van der Waals surface area contributed by atoms with E-state index in [0.29, 0.717) is 12.8 Å². The maximum absolute atomic E-state index is 11.4. The Hall–Kier alpha value is -1.59. The summed E-state index contributed by atoms with van der Waals surface area (Å²) >= 11 is 0. The molecule has 0 N–H and O–H groups in total. The SMILES string of the molecule is COC(=O)CCCCCCCC(=O)OCOC(=O)C(C)(C)C. The monoisotopic (exact) mass is 316 g/mol. The Labute approximate surface area is 132 Å². The second kappa shape index (κ2) is 11.0. The minimum atomic E-state index is -0.601. The van der Waals surface area contributed by atoms with Crippen molar-refractivity contribution < 1.29 is 28.6 Å². The molecule has 0 aliphatic rings. The molecule has 0 fully saturated rings. The number of hydrogen-bond acceptors (Lipinski definition) is 6. The summed E-state index contributed by atoms with van der Waals surface area (Å²) in [6.07, 6.45) is 5.08. The van der Waals surface area contributed by atoms with Gasteiger partial charge < -0.3 is 14.2 Å². The van der Waals surface area contributed by atoms with Crippen molar-refractivity contribution in [3.63, 3.8) is 0 Å². The molecule has 0 atom stereocenters. The van der Waals surface area contributed by atoms with E-state index in [1.807, 2.05) is 0 Å². The van der Waals surface area contributed by atoms with Crippen LogP contribution in [0.5, 0.6) is 0 Å². The van der Waals surface area contributed by atoms with E-state index in [1.54, 1.807) is 20.8 Å². The number of esters is 3. The fourth-order valence-corrected chi connectivity index (χ4v) is 1.61. The molecule has 0 saturated carbocycles. The van der Waals surface area contributed by atoms with Crippen molar-refractivity contribution in [2.45, 2.75) is 65.7 Å². The van der Waals surface area contributed by atoms with Crippen LogP contribution in [0.15, 0.2) is 0 Å². The van der Waals surface area contributed by atoms with Crippen molar-refractivity contribution in [1.82, 2.24) is 0 Å². The van der Waals surface area contributed by atoms with Gasteiger partial charge in [0.2, 0.25) is 6.79 Å². The average molecular weight is 316 g/mol. The number of hydrogen-bond donors (Lipinski definition) is 0. The molecule has 0 bridgehead atoms. The first-order valence-corrected chi connectivity index (χ1v) is 7.67. The van der Waals surface area contributed by atoms with E-state index in [2.05, 4.69) is 4.74 Å². The molecule has 0 amide bonds. The molecular weight excluding hydrogens is 288 g/mol. The minimum Gasteiger partial charge on any atom is -0.469 e. The summed E-state index contributed by atoms with van der Waals surface area (Å²) in [6.45, 7) is 4.88. The fraction of sp³-hybridized carbons (Fsp3) is 0.812. The summed E-state index contributed by atoms with van der Waals surface area (Å²) in [5, 5.41) is 0. The Morgan fingerprint density at radius 3 is 1.77 bits per heavy atom. The number of methoxy groups -OCH3 is 1. The van der Waals surface area contributed by atoms with Crippen LogP contribution in [0.4, 0.5) is 0 Å². The van der Waals surface area contributed by atoms with E-state index in [1.165, 1.54) is 7.11 Å². The maximum atomic E-state index is 11.4. The highest BCUT2D eigenvalue weighted by Crippen LogP contribution is 2.15. The number of carbonyl (C=O) groups excluding carboxylic acids is 3. The lowest BCUT2D eigenvalue weighted by molar-refractivity contribution is -0.173. The Morgan fingerprint density at radius 1 is 0.773 bits per heavy atom. The fourth-order valence-electron chi connectivity index (χ4n) is 1.61.